The van der Waals surface area contributed by atoms with Crippen LogP contribution in [0.1, 0.15) is 0 Å². The fourth-order valence-electron chi connectivity index (χ4n) is 1.69. The lowest BCUT2D eigenvalue weighted by molar-refractivity contribution is 0.601. The summed E-state index contributed by atoms with van der Waals surface area (Å²) in [7, 11) is 0.0896. The Bertz CT molecular complexity index is 714. The smallest absolute Gasteiger partial charge is 0.263 e. The molecule has 7 nitrogen and oxygen atoms in total. The van der Waals surface area contributed by atoms with Crippen molar-refractivity contribution in [2.24, 2.45) is 5.84 Å². The Hall–Kier alpha value is -2.32. The Labute approximate surface area is 123 Å². The van der Waals surface area contributed by atoms with Gasteiger partial charge in [-0.15, -0.1) is 0 Å². The van der Waals surface area contributed by atoms with E-state index in [0.29, 0.717) is 11.5 Å². The summed E-state index contributed by atoms with van der Waals surface area (Å²) in [5.41, 5.74) is 3.73. The van der Waals surface area contributed by atoms with Gasteiger partial charge in [0.2, 0.25) is 0 Å². The molecule has 112 valence electrons. The average molecular weight is 307 g/mol. The van der Waals surface area contributed by atoms with E-state index in [-0.39, 0.29) is 4.90 Å². The number of nitrogens with one attached hydrogen (secondary N) is 2. The number of hydrazine groups is 1. The maximum atomic E-state index is 12.3. The lowest BCUT2D eigenvalue weighted by atomic mass is 10.3. The van der Waals surface area contributed by atoms with Crippen LogP contribution >= 0.6 is 0 Å². The third-order valence-electron chi connectivity index (χ3n) is 2.81. The van der Waals surface area contributed by atoms with Gasteiger partial charge in [-0.1, -0.05) is 6.07 Å². The molecule has 0 unspecified atom stereocenters. The van der Waals surface area contributed by atoms with Crippen LogP contribution in [0, 0.1) is 0 Å². The van der Waals surface area contributed by atoms with Crippen molar-refractivity contribution >= 4 is 27.2 Å². The van der Waals surface area contributed by atoms with Crippen molar-refractivity contribution in [2.75, 3.05) is 29.1 Å². The first kappa shape index (κ1) is 15.1. The molecule has 0 amide bonds. The van der Waals surface area contributed by atoms with E-state index in [1.165, 1.54) is 18.3 Å². The number of nitrogen functional groups attached to an aromatic ring is 1. The van der Waals surface area contributed by atoms with E-state index in [1.54, 1.807) is 18.2 Å². The van der Waals surface area contributed by atoms with E-state index in [0.717, 1.165) is 5.69 Å². The van der Waals surface area contributed by atoms with E-state index in [1.807, 2.05) is 25.1 Å². The molecule has 0 bridgehead atoms. The van der Waals surface area contributed by atoms with Crippen molar-refractivity contribution in [3.05, 3.63) is 42.6 Å². The number of anilines is 3. The van der Waals surface area contributed by atoms with Crippen LogP contribution in [0.2, 0.25) is 0 Å². The number of sulfonamides is 1. The van der Waals surface area contributed by atoms with Crippen molar-refractivity contribution in [3.8, 4) is 0 Å². The highest BCUT2D eigenvalue weighted by Crippen LogP contribution is 2.20. The third kappa shape index (κ3) is 3.61. The molecule has 0 fully saturated rings. The van der Waals surface area contributed by atoms with Gasteiger partial charge in [0, 0.05) is 26.0 Å². The monoisotopic (exact) mass is 307 g/mol. The molecule has 8 heteroatoms. The van der Waals surface area contributed by atoms with Gasteiger partial charge in [0.05, 0.1) is 5.69 Å². The number of nitrogens with zero attached hydrogens (tertiary/aromatic N) is 2. The minimum Gasteiger partial charge on any atom is -0.378 e. The van der Waals surface area contributed by atoms with Gasteiger partial charge in [0.25, 0.3) is 10.0 Å². The molecule has 0 aliphatic carbocycles. The van der Waals surface area contributed by atoms with Gasteiger partial charge >= 0.3 is 0 Å². The molecule has 1 heterocycles. The second-order valence-corrected chi connectivity index (χ2v) is 6.26. The molecule has 1 aromatic heterocycles. The Kier molecular flexibility index (Phi) is 4.29. The van der Waals surface area contributed by atoms with E-state index < -0.39 is 10.0 Å². The van der Waals surface area contributed by atoms with Gasteiger partial charge in [0.1, 0.15) is 10.7 Å². The second kappa shape index (κ2) is 5.98. The molecular formula is C13H17N5O2S. The topological polar surface area (TPSA) is 100 Å². The minimum absolute atomic E-state index is 0.0664. The zero-order valence-electron chi connectivity index (χ0n) is 11.7. The van der Waals surface area contributed by atoms with Crippen molar-refractivity contribution in [3.63, 3.8) is 0 Å². The Morgan fingerprint density at radius 3 is 2.52 bits per heavy atom. The van der Waals surface area contributed by atoms with Crippen LogP contribution in [-0.2, 0) is 10.0 Å². The minimum atomic E-state index is -3.68. The van der Waals surface area contributed by atoms with Crippen LogP contribution in [0.3, 0.4) is 0 Å². The summed E-state index contributed by atoms with van der Waals surface area (Å²) in [6.07, 6.45) is 1.24. The first-order valence-electron chi connectivity index (χ1n) is 6.15. The number of pyridine rings is 1. The first-order chi connectivity index (χ1) is 9.92. The predicted octanol–water partition coefficient (Wildman–Crippen LogP) is 1.23. The van der Waals surface area contributed by atoms with Gasteiger partial charge in [-0.2, -0.15) is 0 Å². The number of hydrogen-bond acceptors (Lipinski definition) is 6. The largest absolute Gasteiger partial charge is 0.378 e. The van der Waals surface area contributed by atoms with Crippen LogP contribution in [0.15, 0.2) is 47.5 Å². The molecule has 0 radical (unpaired) electrons. The van der Waals surface area contributed by atoms with E-state index in [4.69, 9.17) is 5.84 Å². The summed E-state index contributed by atoms with van der Waals surface area (Å²) in [5, 5.41) is 0. The van der Waals surface area contributed by atoms with Crippen molar-refractivity contribution < 1.29 is 8.42 Å². The third-order valence-corrected chi connectivity index (χ3v) is 4.18. The van der Waals surface area contributed by atoms with Gasteiger partial charge in [-0.25, -0.2) is 19.2 Å². The zero-order valence-corrected chi connectivity index (χ0v) is 12.6. The molecule has 1 aromatic carbocycles. The molecule has 0 saturated carbocycles. The summed E-state index contributed by atoms with van der Waals surface area (Å²) in [4.78, 5) is 5.84. The normalized spacial score (nSPS) is 11.0. The maximum Gasteiger partial charge on any atom is 0.263 e. The lowest BCUT2D eigenvalue weighted by Crippen LogP contribution is -2.15. The fraction of sp³-hybridized carbons (Fsp3) is 0.154. The summed E-state index contributed by atoms with van der Waals surface area (Å²) in [5.74, 6) is 5.59. The number of aromatic nitrogens is 1. The highest BCUT2D eigenvalue weighted by molar-refractivity contribution is 7.92. The molecule has 2 aromatic rings. The molecule has 21 heavy (non-hydrogen) atoms. The summed E-state index contributed by atoms with van der Waals surface area (Å²) < 4.78 is 27.1. The van der Waals surface area contributed by atoms with E-state index in [2.05, 4.69) is 15.1 Å². The van der Waals surface area contributed by atoms with Crippen LogP contribution in [0.4, 0.5) is 17.2 Å². The Balaban J connectivity index is 2.26. The quantitative estimate of drug-likeness (QED) is 0.567. The number of rotatable bonds is 5. The van der Waals surface area contributed by atoms with Crippen molar-refractivity contribution in [1.82, 2.24) is 4.98 Å². The zero-order chi connectivity index (χ0) is 15.5. The highest BCUT2D eigenvalue weighted by atomic mass is 32.2. The Morgan fingerprint density at radius 2 is 1.95 bits per heavy atom. The first-order valence-corrected chi connectivity index (χ1v) is 7.63. The molecule has 0 spiro atoms. The number of hydrogen-bond donors (Lipinski definition) is 3. The molecular weight excluding hydrogens is 290 g/mol. The van der Waals surface area contributed by atoms with Gasteiger partial charge in [-0.3, -0.25) is 4.72 Å². The second-order valence-electron chi connectivity index (χ2n) is 4.57. The Morgan fingerprint density at radius 1 is 1.19 bits per heavy atom. The summed E-state index contributed by atoms with van der Waals surface area (Å²) in [6.45, 7) is 0. The predicted molar refractivity (Wildman–Crippen MR) is 83.6 cm³/mol. The lowest BCUT2D eigenvalue weighted by Gasteiger charge is -2.14. The summed E-state index contributed by atoms with van der Waals surface area (Å²) >= 11 is 0. The van der Waals surface area contributed by atoms with Gasteiger partial charge in [0.15, 0.2) is 0 Å². The molecule has 0 atom stereocenters. The molecule has 0 saturated heterocycles. The van der Waals surface area contributed by atoms with Crippen molar-refractivity contribution in [2.45, 2.75) is 4.90 Å². The number of nitrogens with two attached hydrogens (primary N) is 1. The molecule has 0 aliphatic rings. The van der Waals surface area contributed by atoms with Crippen LogP contribution in [-0.4, -0.2) is 27.5 Å². The SMILES string of the molecule is CN(C)c1cccc(NS(=O)(=O)c2ccc(NN)nc2)c1. The van der Waals surface area contributed by atoms with Crippen LogP contribution in [0.25, 0.3) is 0 Å². The molecule has 0 aliphatic heterocycles. The standard InChI is InChI=1S/C13H17N5O2S/c1-18(2)11-5-3-4-10(8-11)17-21(19,20)12-6-7-13(16-14)15-9-12/h3-9,17H,14H2,1-2H3,(H,15,16). The van der Waals surface area contributed by atoms with E-state index in [9.17, 15) is 8.42 Å². The van der Waals surface area contributed by atoms with E-state index >= 15 is 0 Å². The fourth-order valence-corrected chi connectivity index (χ4v) is 2.68. The molecule has 4 N–H and O–H groups in total. The summed E-state index contributed by atoms with van der Waals surface area (Å²) in [6, 6.07) is 10.0. The van der Waals surface area contributed by atoms with Crippen LogP contribution in [0.5, 0.6) is 0 Å². The van der Waals surface area contributed by atoms with Crippen molar-refractivity contribution in [1.29, 1.82) is 0 Å². The average Bonchev–Trinajstić information content (AvgIpc) is 2.47. The maximum absolute atomic E-state index is 12.3. The number of benzene rings is 1. The van der Waals surface area contributed by atoms with Gasteiger partial charge in [-0.05, 0) is 30.3 Å². The highest BCUT2D eigenvalue weighted by Gasteiger charge is 2.15. The van der Waals surface area contributed by atoms with Gasteiger partial charge < -0.3 is 10.3 Å². The molecule has 2 rings (SSSR count). The van der Waals surface area contributed by atoms with Crippen LogP contribution < -0.4 is 20.9 Å².